The number of piperidine rings is 1. The first-order valence-corrected chi connectivity index (χ1v) is 8.45. The van der Waals surface area contributed by atoms with Crippen LogP contribution in [0.25, 0.3) is 11.2 Å². The molecule has 1 aromatic carbocycles. The van der Waals surface area contributed by atoms with Gasteiger partial charge in [0.1, 0.15) is 11.6 Å². The third kappa shape index (κ3) is 2.91. The smallest absolute Gasteiger partial charge is 0.177 e. The number of benzene rings is 1. The molecule has 0 aliphatic carbocycles. The van der Waals surface area contributed by atoms with E-state index in [0.717, 1.165) is 55.0 Å². The molecule has 1 aliphatic heterocycles. The monoisotopic (exact) mass is 324 g/mol. The van der Waals surface area contributed by atoms with Gasteiger partial charge in [-0.15, -0.1) is 0 Å². The lowest BCUT2D eigenvalue weighted by Crippen LogP contribution is -2.33. The van der Waals surface area contributed by atoms with Gasteiger partial charge in [0.15, 0.2) is 5.65 Å². The molecule has 0 N–H and O–H groups in total. The van der Waals surface area contributed by atoms with E-state index in [0.29, 0.717) is 5.92 Å². The van der Waals surface area contributed by atoms with Gasteiger partial charge in [-0.3, -0.25) is 4.90 Å². The van der Waals surface area contributed by atoms with E-state index in [9.17, 15) is 4.39 Å². The topological polar surface area (TPSA) is 34.0 Å². The Hall–Kier alpha value is -2.27. The van der Waals surface area contributed by atoms with Crippen LogP contribution in [0.1, 0.15) is 30.1 Å². The van der Waals surface area contributed by atoms with E-state index < -0.39 is 0 Å². The van der Waals surface area contributed by atoms with E-state index in [1.807, 2.05) is 25.2 Å². The number of aryl methyl sites for hydroxylation is 1. The zero-order valence-electron chi connectivity index (χ0n) is 13.8. The van der Waals surface area contributed by atoms with Crippen LogP contribution >= 0.6 is 0 Å². The molecule has 1 aliphatic rings. The van der Waals surface area contributed by atoms with Crippen LogP contribution in [0.4, 0.5) is 4.39 Å². The van der Waals surface area contributed by atoms with Gasteiger partial charge in [0, 0.05) is 13.2 Å². The number of halogens is 1. The van der Waals surface area contributed by atoms with Crippen LogP contribution in [-0.4, -0.2) is 32.5 Å². The van der Waals surface area contributed by atoms with E-state index in [1.54, 1.807) is 12.3 Å². The van der Waals surface area contributed by atoms with Crippen LogP contribution < -0.4 is 0 Å². The number of hydrogen-bond acceptors (Lipinski definition) is 3. The fourth-order valence-electron chi connectivity index (χ4n) is 3.60. The van der Waals surface area contributed by atoms with Crippen molar-refractivity contribution >= 4 is 11.2 Å². The number of pyridine rings is 1. The maximum Gasteiger partial charge on any atom is 0.177 e. The summed E-state index contributed by atoms with van der Waals surface area (Å²) in [6, 6.07) is 11.0. The van der Waals surface area contributed by atoms with E-state index in [2.05, 4.69) is 25.5 Å². The zero-order chi connectivity index (χ0) is 16.5. The molecule has 0 atom stereocenters. The maximum absolute atomic E-state index is 13.4. The molecule has 5 heteroatoms. The summed E-state index contributed by atoms with van der Waals surface area (Å²) < 4.78 is 15.5. The minimum atomic E-state index is -0.137. The predicted octanol–water partition coefficient (Wildman–Crippen LogP) is 3.49. The summed E-state index contributed by atoms with van der Waals surface area (Å²) in [6.07, 6.45) is 3.90. The molecule has 4 nitrogen and oxygen atoms in total. The molecule has 0 amide bonds. The van der Waals surface area contributed by atoms with Crippen molar-refractivity contribution in [2.24, 2.45) is 7.05 Å². The SMILES string of the molecule is Cn1c(CN2CCC(c3cccc(F)c3)CC2)nc2ncccc21. The van der Waals surface area contributed by atoms with E-state index >= 15 is 0 Å². The first kappa shape index (κ1) is 15.3. The molecule has 0 spiro atoms. The van der Waals surface area contributed by atoms with E-state index in [-0.39, 0.29) is 5.82 Å². The molecule has 0 unspecified atom stereocenters. The highest BCUT2D eigenvalue weighted by Crippen LogP contribution is 2.29. The lowest BCUT2D eigenvalue weighted by atomic mass is 9.89. The highest BCUT2D eigenvalue weighted by Gasteiger charge is 2.22. The molecule has 0 saturated carbocycles. The van der Waals surface area contributed by atoms with Crippen molar-refractivity contribution < 1.29 is 4.39 Å². The van der Waals surface area contributed by atoms with Crippen LogP contribution in [0.5, 0.6) is 0 Å². The van der Waals surface area contributed by atoms with Crippen molar-refractivity contribution in [2.45, 2.75) is 25.3 Å². The Kier molecular flexibility index (Phi) is 4.02. The molecule has 0 bridgehead atoms. The Morgan fingerprint density at radius 1 is 1.17 bits per heavy atom. The van der Waals surface area contributed by atoms with Crippen molar-refractivity contribution in [3.8, 4) is 0 Å². The molecule has 4 rings (SSSR count). The first-order chi connectivity index (χ1) is 11.7. The average Bonchev–Trinajstić information content (AvgIpc) is 2.92. The summed E-state index contributed by atoms with van der Waals surface area (Å²) in [5.41, 5.74) is 3.01. The van der Waals surface area contributed by atoms with E-state index in [4.69, 9.17) is 0 Å². The highest BCUT2D eigenvalue weighted by atomic mass is 19.1. The van der Waals surface area contributed by atoms with Gasteiger partial charge in [-0.05, 0) is 61.7 Å². The Bertz CT molecular complexity index is 849. The van der Waals surface area contributed by atoms with Crippen molar-refractivity contribution in [3.63, 3.8) is 0 Å². The Morgan fingerprint density at radius 2 is 2.00 bits per heavy atom. The second kappa shape index (κ2) is 6.32. The first-order valence-electron chi connectivity index (χ1n) is 8.45. The molecule has 2 aromatic heterocycles. The second-order valence-corrected chi connectivity index (χ2v) is 6.54. The third-order valence-electron chi connectivity index (χ3n) is 5.02. The van der Waals surface area contributed by atoms with Crippen LogP contribution in [-0.2, 0) is 13.6 Å². The Morgan fingerprint density at radius 3 is 2.75 bits per heavy atom. The van der Waals surface area contributed by atoms with Gasteiger partial charge in [0.2, 0.25) is 0 Å². The Labute approximate surface area is 141 Å². The van der Waals surface area contributed by atoms with Gasteiger partial charge in [-0.2, -0.15) is 0 Å². The largest absolute Gasteiger partial charge is 0.329 e. The number of aromatic nitrogens is 3. The second-order valence-electron chi connectivity index (χ2n) is 6.54. The number of nitrogens with zero attached hydrogens (tertiary/aromatic N) is 4. The number of rotatable bonds is 3. The van der Waals surface area contributed by atoms with Crippen molar-refractivity contribution in [3.05, 3.63) is 59.8 Å². The third-order valence-corrected chi connectivity index (χ3v) is 5.02. The summed E-state index contributed by atoms with van der Waals surface area (Å²) in [5, 5.41) is 0. The summed E-state index contributed by atoms with van der Waals surface area (Å²) in [7, 11) is 2.05. The number of hydrogen-bond donors (Lipinski definition) is 0. The molecule has 124 valence electrons. The van der Waals surface area contributed by atoms with Gasteiger partial charge in [-0.1, -0.05) is 12.1 Å². The van der Waals surface area contributed by atoms with Crippen molar-refractivity contribution in [2.75, 3.05) is 13.1 Å². The van der Waals surface area contributed by atoms with Crippen LogP contribution in [0.2, 0.25) is 0 Å². The van der Waals surface area contributed by atoms with Crippen LogP contribution in [0.15, 0.2) is 42.6 Å². The van der Waals surface area contributed by atoms with E-state index in [1.165, 1.54) is 6.07 Å². The van der Waals surface area contributed by atoms with Crippen LogP contribution in [0.3, 0.4) is 0 Å². The Balaban J connectivity index is 1.43. The zero-order valence-corrected chi connectivity index (χ0v) is 13.8. The molecular formula is C19H21FN4. The summed E-state index contributed by atoms with van der Waals surface area (Å²) in [4.78, 5) is 11.4. The standard InChI is InChI=1S/C19H21FN4/c1-23-17-6-3-9-21-19(17)22-18(23)13-24-10-7-14(8-11-24)15-4-2-5-16(20)12-15/h2-6,9,12,14H,7-8,10-11,13H2,1H3. The molecule has 3 aromatic rings. The lowest BCUT2D eigenvalue weighted by molar-refractivity contribution is 0.199. The number of likely N-dealkylation sites (tertiary alicyclic amines) is 1. The van der Waals surface area contributed by atoms with Gasteiger partial charge >= 0.3 is 0 Å². The number of imidazole rings is 1. The predicted molar refractivity (Wildman–Crippen MR) is 92.2 cm³/mol. The minimum Gasteiger partial charge on any atom is -0.329 e. The van der Waals surface area contributed by atoms with Gasteiger partial charge in [0.25, 0.3) is 0 Å². The summed E-state index contributed by atoms with van der Waals surface area (Å²) >= 11 is 0. The molecule has 1 saturated heterocycles. The quantitative estimate of drug-likeness (QED) is 0.739. The van der Waals surface area contributed by atoms with Crippen LogP contribution in [0, 0.1) is 5.82 Å². The summed E-state index contributed by atoms with van der Waals surface area (Å²) in [6.45, 7) is 2.86. The molecule has 24 heavy (non-hydrogen) atoms. The van der Waals surface area contributed by atoms with Gasteiger partial charge in [-0.25, -0.2) is 14.4 Å². The van der Waals surface area contributed by atoms with Gasteiger partial charge in [0.05, 0.1) is 12.1 Å². The van der Waals surface area contributed by atoms with Crippen molar-refractivity contribution in [1.29, 1.82) is 0 Å². The number of fused-ring (bicyclic) bond motifs is 1. The van der Waals surface area contributed by atoms with Crippen molar-refractivity contribution in [1.82, 2.24) is 19.4 Å². The lowest BCUT2D eigenvalue weighted by Gasteiger charge is -2.31. The normalized spacial score (nSPS) is 16.8. The maximum atomic E-state index is 13.4. The van der Waals surface area contributed by atoms with Gasteiger partial charge < -0.3 is 4.57 Å². The minimum absolute atomic E-state index is 0.137. The fraction of sp³-hybridized carbons (Fsp3) is 0.368. The molecule has 1 fully saturated rings. The molecular weight excluding hydrogens is 303 g/mol. The average molecular weight is 324 g/mol. The fourth-order valence-corrected chi connectivity index (χ4v) is 3.60. The highest BCUT2D eigenvalue weighted by molar-refractivity contribution is 5.71. The molecule has 0 radical (unpaired) electrons. The molecule has 3 heterocycles. The summed E-state index contributed by atoms with van der Waals surface area (Å²) in [5.74, 6) is 1.37.